The van der Waals surface area contributed by atoms with Gasteiger partial charge in [-0.2, -0.15) is 0 Å². The summed E-state index contributed by atoms with van der Waals surface area (Å²) in [6, 6.07) is -0.332. The van der Waals surface area contributed by atoms with Crippen molar-refractivity contribution < 1.29 is 4.79 Å². The second kappa shape index (κ2) is 3.44. The highest BCUT2D eigenvalue weighted by atomic mass is 32.2. The predicted molar refractivity (Wildman–Crippen MR) is 46.1 cm³/mol. The van der Waals surface area contributed by atoms with Gasteiger partial charge in [-0.3, -0.25) is 0 Å². The number of rotatable bonds is 1. The zero-order valence-corrected chi connectivity index (χ0v) is 7.55. The van der Waals surface area contributed by atoms with Gasteiger partial charge in [0, 0.05) is 7.05 Å². The van der Waals surface area contributed by atoms with Gasteiger partial charge in [0.1, 0.15) is 0 Å². The second-order valence-corrected chi connectivity index (χ2v) is 2.71. The minimum atomic E-state index is -0.332. The van der Waals surface area contributed by atoms with Gasteiger partial charge in [0.25, 0.3) is 0 Å². The van der Waals surface area contributed by atoms with E-state index in [-0.39, 0.29) is 12.0 Å². The average molecular weight is 187 g/mol. The zero-order chi connectivity index (χ0) is 9.14. The molecular formula is C5H9N5OS. The summed E-state index contributed by atoms with van der Waals surface area (Å²) >= 11 is 1.31. The number of thioether (sulfide) groups is 1. The standard InChI is InChI=1S/C5H9N5OS/c1-7-4(11)10-3(6)8-9-5(10)12-2/h1-2H3,(H2,6,8)(H,7,11). The van der Waals surface area contributed by atoms with Crippen molar-refractivity contribution in [1.82, 2.24) is 20.1 Å². The van der Waals surface area contributed by atoms with Gasteiger partial charge in [0.15, 0.2) is 0 Å². The summed E-state index contributed by atoms with van der Waals surface area (Å²) in [6.45, 7) is 0. The van der Waals surface area contributed by atoms with Gasteiger partial charge in [-0.25, -0.2) is 9.36 Å². The van der Waals surface area contributed by atoms with Gasteiger partial charge >= 0.3 is 6.03 Å². The first-order valence-electron chi connectivity index (χ1n) is 3.17. The van der Waals surface area contributed by atoms with E-state index in [0.717, 1.165) is 0 Å². The molecule has 0 fully saturated rings. The minimum Gasteiger partial charge on any atom is -0.367 e. The lowest BCUT2D eigenvalue weighted by atomic mass is 10.8. The summed E-state index contributed by atoms with van der Waals surface area (Å²) in [7, 11) is 1.52. The van der Waals surface area contributed by atoms with Crippen LogP contribution in [0, 0.1) is 0 Å². The molecule has 0 aromatic carbocycles. The van der Waals surface area contributed by atoms with E-state index in [1.165, 1.54) is 23.4 Å². The first-order valence-corrected chi connectivity index (χ1v) is 4.40. The summed E-state index contributed by atoms with van der Waals surface area (Å²) in [5.41, 5.74) is 5.41. The SMILES string of the molecule is CNC(=O)n1c(N)nnc1SC. The van der Waals surface area contributed by atoms with Crippen molar-refractivity contribution in [2.24, 2.45) is 0 Å². The van der Waals surface area contributed by atoms with Crippen molar-refractivity contribution in [2.75, 3.05) is 19.0 Å². The molecule has 1 amide bonds. The first-order chi connectivity index (χ1) is 5.70. The lowest BCUT2D eigenvalue weighted by Crippen LogP contribution is -2.26. The number of nitrogens with zero attached hydrogens (tertiary/aromatic N) is 3. The van der Waals surface area contributed by atoms with Gasteiger partial charge in [-0.05, 0) is 6.26 Å². The molecule has 0 unspecified atom stereocenters. The molecule has 66 valence electrons. The predicted octanol–water partition coefficient (Wildman–Crippen LogP) is -0.230. The number of amides is 1. The van der Waals surface area contributed by atoms with E-state index in [9.17, 15) is 4.79 Å². The Hall–Kier alpha value is -1.24. The van der Waals surface area contributed by atoms with E-state index in [1.54, 1.807) is 6.26 Å². The van der Waals surface area contributed by atoms with Gasteiger partial charge in [-0.15, -0.1) is 10.2 Å². The molecule has 0 aliphatic carbocycles. The fourth-order valence-corrected chi connectivity index (χ4v) is 1.20. The maximum absolute atomic E-state index is 11.2. The molecule has 0 aliphatic heterocycles. The number of hydrogen-bond acceptors (Lipinski definition) is 5. The minimum absolute atomic E-state index is 0.0960. The molecule has 1 aromatic rings. The van der Waals surface area contributed by atoms with E-state index in [2.05, 4.69) is 15.5 Å². The lowest BCUT2D eigenvalue weighted by molar-refractivity contribution is 0.243. The number of nitrogen functional groups attached to an aromatic ring is 1. The number of hydrogen-bond donors (Lipinski definition) is 2. The summed E-state index contributed by atoms with van der Waals surface area (Å²) in [6.07, 6.45) is 1.79. The second-order valence-electron chi connectivity index (χ2n) is 1.94. The van der Waals surface area contributed by atoms with Crippen LogP contribution in [0.2, 0.25) is 0 Å². The molecule has 1 aromatic heterocycles. The quantitative estimate of drug-likeness (QED) is 0.593. The van der Waals surface area contributed by atoms with Crippen LogP contribution in [0.1, 0.15) is 0 Å². The van der Waals surface area contributed by atoms with Crippen LogP contribution in [0.5, 0.6) is 0 Å². The maximum Gasteiger partial charge on any atom is 0.330 e. The molecule has 0 radical (unpaired) electrons. The van der Waals surface area contributed by atoms with Gasteiger partial charge < -0.3 is 11.1 Å². The molecule has 0 saturated carbocycles. The van der Waals surface area contributed by atoms with Crippen LogP contribution in [0.15, 0.2) is 5.16 Å². The Labute approximate surface area is 73.5 Å². The first kappa shape index (κ1) is 8.85. The summed E-state index contributed by atoms with van der Waals surface area (Å²) in [5, 5.41) is 10.2. The highest BCUT2D eigenvalue weighted by molar-refractivity contribution is 7.98. The largest absolute Gasteiger partial charge is 0.367 e. The number of carbonyl (C=O) groups is 1. The van der Waals surface area contributed by atoms with Crippen molar-refractivity contribution in [3.8, 4) is 0 Å². The third-order valence-corrected chi connectivity index (χ3v) is 1.89. The molecule has 0 atom stereocenters. The Balaban J connectivity index is 3.10. The summed E-state index contributed by atoms with van der Waals surface area (Å²) in [4.78, 5) is 11.2. The van der Waals surface area contributed by atoms with Crippen LogP contribution >= 0.6 is 11.8 Å². The third-order valence-electron chi connectivity index (χ3n) is 1.26. The van der Waals surface area contributed by atoms with E-state index >= 15 is 0 Å². The molecule has 1 rings (SSSR count). The molecule has 0 aliphatic rings. The van der Waals surface area contributed by atoms with Crippen molar-refractivity contribution in [1.29, 1.82) is 0 Å². The van der Waals surface area contributed by atoms with Gasteiger partial charge in [0.05, 0.1) is 0 Å². The number of aromatic nitrogens is 3. The van der Waals surface area contributed by atoms with Crippen molar-refractivity contribution in [3.63, 3.8) is 0 Å². The van der Waals surface area contributed by atoms with Crippen LogP contribution < -0.4 is 11.1 Å². The third kappa shape index (κ3) is 1.35. The molecule has 3 N–H and O–H groups in total. The van der Waals surface area contributed by atoms with Crippen LogP contribution in [-0.4, -0.2) is 34.1 Å². The fourth-order valence-electron chi connectivity index (χ4n) is 0.716. The average Bonchev–Trinajstić information content (AvgIpc) is 2.45. The van der Waals surface area contributed by atoms with Crippen molar-refractivity contribution in [3.05, 3.63) is 0 Å². The van der Waals surface area contributed by atoms with Crippen LogP contribution in [0.3, 0.4) is 0 Å². The highest BCUT2D eigenvalue weighted by Crippen LogP contribution is 2.13. The van der Waals surface area contributed by atoms with Crippen molar-refractivity contribution in [2.45, 2.75) is 5.16 Å². The zero-order valence-electron chi connectivity index (χ0n) is 6.74. The highest BCUT2D eigenvalue weighted by Gasteiger charge is 2.13. The Morgan fingerprint density at radius 3 is 2.83 bits per heavy atom. The Morgan fingerprint density at radius 2 is 2.33 bits per heavy atom. The Bertz CT molecular complexity index is 296. The van der Waals surface area contributed by atoms with E-state index in [0.29, 0.717) is 5.16 Å². The van der Waals surface area contributed by atoms with Crippen LogP contribution in [0.4, 0.5) is 10.7 Å². The molecule has 1 heterocycles. The molecule has 12 heavy (non-hydrogen) atoms. The number of nitrogens with two attached hydrogens (primary N) is 1. The topological polar surface area (TPSA) is 85.8 Å². The normalized spacial score (nSPS) is 9.83. The number of nitrogens with one attached hydrogen (secondary N) is 1. The lowest BCUT2D eigenvalue weighted by Gasteiger charge is -2.02. The van der Waals surface area contributed by atoms with E-state index < -0.39 is 0 Å². The molecule has 0 bridgehead atoms. The number of carbonyl (C=O) groups excluding carboxylic acids is 1. The monoisotopic (exact) mass is 187 g/mol. The van der Waals surface area contributed by atoms with E-state index in [1.807, 2.05) is 0 Å². The van der Waals surface area contributed by atoms with Gasteiger partial charge in [0.2, 0.25) is 11.1 Å². The fraction of sp³-hybridized carbons (Fsp3) is 0.400. The summed E-state index contributed by atoms with van der Waals surface area (Å²) in [5.74, 6) is 0.0960. The molecule has 0 saturated heterocycles. The molecule has 6 nitrogen and oxygen atoms in total. The molecule has 0 spiro atoms. The van der Waals surface area contributed by atoms with Gasteiger partial charge in [-0.1, -0.05) is 11.8 Å². The summed E-state index contributed by atoms with van der Waals surface area (Å²) < 4.78 is 1.21. The van der Waals surface area contributed by atoms with Crippen LogP contribution in [0.25, 0.3) is 0 Å². The van der Waals surface area contributed by atoms with Crippen molar-refractivity contribution >= 4 is 23.7 Å². The Kier molecular flexibility index (Phi) is 2.54. The number of anilines is 1. The maximum atomic E-state index is 11.2. The Morgan fingerprint density at radius 1 is 1.67 bits per heavy atom. The smallest absolute Gasteiger partial charge is 0.330 e. The molecular weight excluding hydrogens is 178 g/mol. The van der Waals surface area contributed by atoms with Crippen LogP contribution in [-0.2, 0) is 0 Å². The van der Waals surface area contributed by atoms with E-state index in [4.69, 9.17) is 5.73 Å². The molecule has 7 heteroatoms.